The minimum atomic E-state index is -0.347. The van der Waals surface area contributed by atoms with Gasteiger partial charge in [-0.1, -0.05) is 12.1 Å². The van der Waals surface area contributed by atoms with E-state index in [2.05, 4.69) is 29.4 Å². The zero-order valence-electron chi connectivity index (χ0n) is 18.6. The Morgan fingerprint density at radius 3 is 2.58 bits per heavy atom. The van der Waals surface area contributed by atoms with Crippen LogP contribution < -0.4 is 5.32 Å². The molecule has 2 aromatic carbocycles. The third kappa shape index (κ3) is 7.63. The molecule has 1 heterocycles. The van der Waals surface area contributed by atoms with Crippen molar-refractivity contribution < 1.29 is 14.3 Å². The number of benzene rings is 2. The molecule has 0 saturated carbocycles. The first kappa shape index (κ1) is 24.3. The number of nitrogens with one attached hydrogen (secondary N) is 1. The van der Waals surface area contributed by atoms with Gasteiger partial charge in [-0.05, 0) is 92.8 Å². The Hall–Kier alpha value is -3.01. The van der Waals surface area contributed by atoms with Crippen molar-refractivity contribution in [3.8, 4) is 17.2 Å². The Kier molecular flexibility index (Phi) is 9.89. The molecule has 2 aromatic rings. The second-order valence-electron chi connectivity index (χ2n) is 7.73. The molecule has 164 valence electrons. The number of aldehydes is 1. The monoisotopic (exact) mass is 421 g/mol. The molecule has 1 N–H and O–H groups in total. The predicted molar refractivity (Wildman–Crippen MR) is 122 cm³/mol. The number of hydrogen-bond acceptors (Lipinski definition) is 6. The summed E-state index contributed by atoms with van der Waals surface area (Å²) in [6.07, 6.45) is 3.16. The quantitative estimate of drug-likeness (QED) is 0.566. The molecular weight excluding hydrogens is 390 g/mol. The summed E-state index contributed by atoms with van der Waals surface area (Å²) in [7, 11) is 3.52. The molecule has 31 heavy (non-hydrogen) atoms. The van der Waals surface area contributed by atoms with Gasteiger partial charge in [0.1, 0.15) is 6.29 Å². The zero-order chi connectivity index (χ0) is 22.6. The van der Waals surface area contributed by atoms with Gasteiger partial charge in [0.25, 0.3) is 0 Å². The molecule has 6 nitrogen and oxygen atoms in total. The van der Waals surface area contributed by atoms with Gasteiger partial charge in [0, 0.05) is 13.1 Å². The minimum absolute atomic E-state index is 0.347. The summed E-state index contributed by atoms with van der Waals surface area (Å²) in [5.41, 5.74) is 4.05. The second kappa shape index (κ2) is 12.6. The highest BCUT2D eigenvalue weighted by molar-refractivity contribution is 5.91. The molecule has 0 aliphatic carbocycles. The van der Waals surface area contributed by atoms with Crippen molar-refractivity contribution in [2.75, 3.05) is 33.8 Å². The lowest BCUT2D eigenvalue weighted by Gasteiger charge is -2.27. The van der Waals surface area contributed by atoms with Crippen LogP contribution in [0.2, 0.25) is 0 Å². The van der Waals surface area contributed by atoms with Crippen LogP contribution in [0.25, 0.3) is 11.1 Å². The van der Waals surface area contributed by atoms with Crippen LogP contribution in [0.3, 0.4) is 0 Å². The number of piperidine rings is 1. The van der Waals surface area contributed by atoms with Gasteiger partial charge in [0.2, 0.25) is 0 Å². The Morgan fingerprint density at radius 1 is 1.23 bits per heavy atom. The largest absolute Gasteiger partial charge is 0.465 e. The number of hydrogen-bond donors (Lipinski definition) is 1. The van der Waals surface area contributed by atoms with E-state index in [1.54, 1.807) is 6.07 Å². The lowest BCUT2D eigenvalue weighted by atomic mass is 9.96. The van der Waals surface area contributed by atoms with Crippen LogP contribution in [0, 0.1) is 17.2 Å². The maximum absolute atomic E-state index is 12.2. The average molecular weight is 422 g/mol. The minimum Gasteiger partial charge on any atom is -0.465 e. The number of carbonyl (C=O) groups excluding carboxylic acids is 2. The summed E-state index contributed by atoms with van der Waals surface area (Å²) >= 11 is 0. The topological polar surface area (TPSA) is 82.4 Å². The molecule has 0 bridgehead atoms. The third-order valence-corrected chi connectivity index (χ3v) is 5.22. The van der Waals surface area contributed by atoms with Crippen LogP contribution in [0.4, 0.5) is 0 Å². The van der Waals surface area contributed by atoms with E-state index in [-0.39, 0.29) is 5.97 Å². The molecule has 1 aliphatic heterocycles. The van der Waals surface area contributed by atoms with Crippen LogP contribution in [0.1, 0.15) is 41.3 Å². The lowest BCUT2D eigenvalue weighted by molar-refractivity contribution is -0.106. The van der Waals surface area contributed by atoms with Crippen LogP contribution in [0.15, 0.2) is 42.5 Å². The highest BCUT2D eigenvalue weighted by Crippen LogP contribution is 2.25. The summed E-state index contributed by atoms with van der Waals surface area (Å²) in [5, 5.41) is 12.6. The number of methoxy groups -OCH3 is 1. The Morgan fingerprint density at radius 2 is 1.94 bits per heavy atom. The first-order valence-corrected chi connectivity index (χ1v) is 10.5. The summed E-state index contributed by atoms with van der Waals surface area (Å²) in [5.74, 6) is 0.363. The van der Waals surface area contributed by atoms with Crippen molar-refractivity contribution in [1.82, 2.24) is 10.2 Å². The molecule has 1 fully saturated rings. The Labute approximate surface area is 184 Å². The van der Waals surface area contributed by atoms with Crippen LogP contribution in [-0.2, 0) is 16.1 Å². The van der Waals surface area contributed by atoms with Crippen molar-refractivity contribution in [3.05, 3.63) is 59.2 Å². The van der Waals surface area contributed by atoms with Crippen LogP contribution >= 0.6 is 0 Å². The van der Waals surface area contributed by atoms with E-state index >= 15 is 0 Å². The van der Waals surface area contributed by atoms with Gasteiger partial charge in [0.05, 0.1) is 24.3 Å². The highest BCUT2D eigenvalue weighted by Gasteiger charge is 2.16. The molecule has 1 aliphatic rings. The van der Waals surface area contributed by atoms with E-state index in [9.17, 15) is 10.1 Å². The molecule has 0 spiro atoms. The third-order valence-electron chi connectivity index (χ3n) is 5.22. The predicted octanol–water partition coefficient (Wildman–Crippen LogP) is 3.65. The number of rotatable bonds is 6. The van der Waals surface area contributed by atoms with Gasteiger partial charge in [0.15, 0.2) is 0 Å². The van der Waals surface area contributed by atoms with Crippen molar-refractivity contribution >= 4 is 12.3 Å². The number of nitrogens with zero attached hydrogens (tertiary/aromatic N) is 2. The number of ether oxygens (including phenoxy) is 1. The fourth-order valence-electron chi connectivity index (χ4n) is 3.84. The van der Waals surface area contributed by atoms with Crippen LogP contribution in [0.5, 0.6) is 0 Å². The summed E-state index contributed by atoms with van der Waals surface area (Å²) in [4.78, 5) is 23.3. The Bertz CT molecular complexity index is 914. The smallest absolute Gasteiger partial charge is 0.337 e. The van der Waals surface area contributed by atoms with Gasteiger partial charge in [-0.3, -0.25) is 0 Å². The second-order valence-corrected chi connectivity index (χ2v) is 7.73. The van der Waals surface area contributed by atoms with Gasteiger partial charge in [-0.15, -0.1) is 0 Å². The van der Waals surface area contributed by atoms with E-state index in [1.807, 2.05) is 30.3 Å². The Balaban J connectivity index is 0.00000107. The normalized spacial score (nSPS) is 13.6. The first-order chi connectivity index (χ1) is 15.0. The van der Waals surface area contributed by atoms with Crippen molar-refractivity contribution in [1.29, 1.82) is 5.26 Å². The van der Waals surface area contributed by atoms with E-state index < -0.39 is 0 Å². The van der Waals surface area contributed by atoms with Gasteiger partial charge in [-0.25, -0.2) is 4.79 Å². The molecule has 1 saturated heterocycles. The maximum Gasteiger partial charge on any atom is 0.337 e. The van der Waals surface area contributed by atoms with Crippen LogP contribution in [-0.4, -0.2) is 50.9 Å². The van der Waals surface area contributed by atoms with Crippen molar-refractivity contribution in [3.63, 3.8) is 0 Å². The zero-order valence-corrected chi connectivity index (χ0v) is 18.6. The maximum atomic E-state index is 12.2. The average Bonchev–Trinajstić information content (AvgIpc) is 2.79. The first-order valence-electron chi connectivity index (χ1n) is 10.5. The summed E-state index contributed by atoms with van der Waals surface area (Å²) < 4.78 is 4.94. The number of nitriles is 1. The van der Waals surface area contributed by atoms with Gasteiger partial charge in [-0.2, -0.15) is 5.26 Å². The standard InChI is InChI=1S/C23H27N3O2.C2H4O/c1-26(15-17-6-8-25-9-7-17)16-19-11-21(13-22(12-19)23(27)28-2)20-5-3-4-18(10-20)14-24;1-2-3/h3-5,10-13,17,25H,6-9,15-16H2,1-2H3;2H,1H3. The molecule has 0 amide bonds. The van der Waals surface area contributed by atoms with E-state index in [1.165, 1.54) is 26.9 Å². The van der Waals surface area contributed by atoms with E-state index in [0.29, 0.717) is 17.0 Å². The van der Waals surface area contributed by atoms with E-state index in [4.69, 9.17) is 9.53 Å². The molecule has 0 atom stereocenters. The van der Waals surface area contributed by atoms with Gasteiger partial charge < -0.3 is 19.7 Å². The van der Waals surface area contributed by atoms with Crippen molar-refractivity contribution in [2.24, 2.45) is 5.92 Å². The van der Waals surface area contributed by atoms with Crippen molar-refractivity contribution in [2.45, 2.75) is 26.3 Å². The molecule has 6 heteroatoms. The van der Waals surface area contributed by atoms with E-state index in [0.717, 1.165) is 49.2 Å². The molecule has 0 unspecified atom stereocenters. The molecule has 0 aromatic heterocycles. The lowest BCUT2D eigenvalue weighted by Crippen LogP contribution is -2.34. The summed E-state index contributed by atoms with van der Waals surface area (Å²) in [6, 6.07) is 15.5. The fourth-order valence-corrected chi connectivity index (χ4v) is 3.84. The summed E-state index contributed by atoms with van der Waals surface area (Å²) in [6.45, 7) is 5.44. The number of esters is 1. The molecule has 3 rings (SSSR count). The highest BCUT2D eigenvalue weighted by atomic mass is 16.5. The fraction of sp³-hybridized carbons (Fsp3) is 0.400. The molecule has 0 radical (unpaired) electrons. The SMILES string of the molecule is CC=O.COC(=O)c1cc(CN(C)CC2CCNCC2)cc(-c2cccc(C#N)c2)c1. The molecular formula is C25H31N3O3. The van der Waals surface area contributed by atoms with Gasteiger partial charge >= 0.3 is 5.97 Å². The number of carbonyl (C=O) groups is 2.